The highest BCUT2D eigenvalue weighted by Gasteiger charge is 2.29. The van der Waals surface area contributed by atoms with Gasteiger partial charge in [-0.2, -0.15) is 0 Å². The zero-order chi connectivity index (χ0) is 14.1. The lowest BCUT2D eigenvalue weighted by atomic mass is 9.80. The van der Waals surface area contributed by atoms with Gasteiger partial charge in [0.2, 0.25) is 0 Å². The number of hydrogen-bond acceptors (Lipinski definition) is 2. The summed E-state index contributed by atoms with van der Waals surface area (Å²) in [6, 6.07) is 0. The van der Waals surface area contributed by atoms with Crippen LogP contribution in [0.1, 0.15) is 58.8 Å². The molecule has 0 aliphatic carbocycles. The highest BCUT2D eigenvalue weighted by atomic mass is 79.9. The van der Waals surface area contributed by atoms with E-state index in [1.54, 1.807) is 0 Å². The molecule has 3 heteroatoms. The van der Waals surface area contributed by atoms with Gasteiger partial charge in [-0.1, -0.05) is 42.6 Å². The summed E-state index contributed by atoms with van der Waals surface area (Å²) >= 11 is 3.77. The largest absolute Gasteiger partial charge is 0.377 e. The van der Waals surface area contributed by atoms with Gasteiger partial charge in [0.05, 0.1) is 6.10 Å². The van der Waals surface area contributed by atoms with E-state index in [0.717, 1.165) is 18.5 Å². The summed E-state index contributed by atoms with van der Waals surface area (Å²) in [6.45, 7) is 7.86. The molecule has 0 aromatic heterocycles. The van der Waals surface area contributed by atoms with Crippen molar-refractivity contribution in [3.8, 4) is 0 Å². The lowest BCUT2D eigenvalue weighted by Gasteiger charge is -2.37. The van der Waals surface area contributed by atoms with Crippen molar-refractivity contribution >= 4 is 15.9 Å². The quantitative estimate of drug-likeness (QED) is 0.577. The first-order chi connectivity index (χ1) is 9.15. The van der Waals surface area contributed by atoms with Gasteiger partial charge in [0.25, 0.3) is 0 Å². The van der Waals surface area contributed by atoms with Gasteiger partial charge >= 0.3 is 0 Å². The summed E-state index contributed by atoms with van der Waals surface area (Å²) in [5, 5.41) is 1.12. The van der Waals surface area contributed by atoms with Gasteiger partial charge in [-0.05, 0) is 44.6 Å². The topological polar surface area (TPSA) is 12.5 Å². The van der Waals surface area contributed by atoms with Crippen molar-refractivity contribution in [2.45, 2.75) is 64.9 Å². The Morgan fingerprint density at radius 3 is 2.37 bits per heavy atom. The van der Waals surface area contributed by atoms with Crippen molar-refractivity contribution in [1.82, 2.24) is 4.90 Å². The molecule has 1 unspecified atom stereocenters. The Hall–Kier alpha value is 0.400. The van der Waals surface area contributed by atoms with Gasteiger partial charge in [0.15, 0.2) is 0 Å². The lowest BCUT2D eigenvalue weighted by Crippen LogP contribution is -2.41. The SMILES string of the molecule is CCCC(CBr)(CCC)CN(C)CC1CCCCO1. The molecule has 19 heavy (non-hydrogen) atoms. The Morgan fingerprint density at radius 2 is 1.89 bits per heavy atom. The molecular weight excluding hydrogens is 302 g/mol. The predicted octanol–water partition coefficient (Wildman–Crippen LogP) is 4.47. The number of hydrogen-bond donors (Lipinski definition) is 0. The number of ether oxygens (including phenoxy) is 1. The fraction of sp³-hybridized carbons (Fsp3) is 1.00. The molecule has 0 aromatic rings. The predicted molar refractivity (Wildman–Crippen MR) is 87.1 cm³/mol. The molecular formula is C16H32BrNO. The summed E-state index contributed by atoms with van der Waals surface area (Å²) in [6.07, 6.45) is 9.49. The van der Waals surface area contributed by atoms with Gasteiger partial charge in [0.1, 0.15) is 0 Å². The molecule has 0 radical (unpaired) electrons. The van der Waals surface area contributed by atoms with Crippen LogP contribution in [0.25, 0.3) is 0 Å². The Kier molecular flexibility index (Phi) is 8.59. The minimum absolute atomic E-state index is 0.451. The van der Waals surface area contributed by atoms with Crippen LogP contribution in [0.3, 0.4) is 0 Å². The van der Waals surface area contributed by atoms with E-state index in [-0.39, 0.29) is 0 Å². The molecule has 1 aliphatic rings. The van der Waals surface area contributed by atoms with Crippen LogP contribution in [-0.2, 0) is 4.74 Å². The van der Waals surface area contributed by atoms with Crippen molar-refractivity contribution in [3.63, 3.8) is 0 Å². The molecule has 1 atom stereocenters. The second-order valence-corrected chi connectivity index (χ2v) is 6.88. The Balaban J connectivity index is 2.46. The van der Waals surface area contributed by atoms with E-state index in [1.165, 1.54) is 51.5 Å². The third-order valence-electron chi connectivity index (χ3n) is 4.24. The number of rotatable bonds is 9. The first-order valence-corrected chi connectivity index (χ1v) is 9.14. The lowest BCUT2D eigenvalue weighted by molar-refractivity contribution is -0.00767. The molecule has 1 rings (SSSR count). The first kappa shape index (κ1) is 17.5. The monoisotopic (exact) mass is 333 g/mol. The minimum atomic E-state index is 0.451. The van der Waals surface area contributed by atoms with Crippen molar-refractivity contribution in [1.29, 1.82) is 0 Å². The molecule has 0 saturated carbocycles. The Labute approximate surface area is 128 Å². The average Bonchev–Trinajstić information content (AvgIpc) is 2.40. The van der Waals surface area contributed by atoms with Crippen molar-refractivity contribution < 1.29 is 4.74 Å². The molecule has 2 nitrogen and oxygen atoms in total. The molecule has 1 fully saturated rings. The molecule has 0 N–H and O–H groups in total. The molecule has 0 amide bonds. The maximum absolute atomic E-state index is 5.86. The van der Waals surface area contributed by atoms with E-state index in [4.69, 9.17) is 4.74 Å². The van der Waals surface area contributed by atoms with E-state index < -0.39 is 0 Å². The van der Waals surface area contributed by atoms with Crippen LogP contribution in [0, 0.1) is 5.41 Å². The van der Waals surface area contributed by atoms with Crippen molar-refractivity contribution in [3.05, 3.63) is 0 Å². The third-order valence-corrected chi connectivity index (χ3v) is 5.43. The summed E-state index contributed by atoms with van der Waals surface area (Å²) in [5.41, 5.74) is 0.451. The maximum atomic E-state index is 5.86. The van der Waals surface area contributed by atoms with E-state index in [1.807, 2.05) is 0 Å². The van der Waals surface area contributed by atoms with Crippen molar-refractivity contribution in [2.75, 3.05) is 32.1 Å². The van der Waals surface area contributed by atoms with Gasteiger partial charge in [-0.25, -0.2) is 0 Å². The Bertz CT molecular complexity index is 223. The van der Waals surface area contributed by atoms with Crippen LogP contribution in [-0.4, -0.2) is 43.1 Å². The average molecular weight is 334 g/mol. The fourth-order valence-corrected chi connectivity index (χ4v) is 4.19. The number of halogens is 1. The summed E-state index contributed by atoms with van der Waals surface area (Å²) in [7, 11) is 2.26. The zero-order valence-corrected chi connectivity index (χ0v) is 14.7. The third kappa shape index (κ3) is 6.14. The highest BCUT2D eigenvalue weighted by Crippen LogP contribution is 2.33. The molecule has 1 saturated heterocycles. The number of alkyl halides is 1. The molecule has 0 spiro atoms. The summed E-state index contributed by atoms with van der Waals surface area (Å²) in [5.74, 6) is 0. The molecule has 0 bridgehead atoms. The van der Waals surface area contributed by atoms with Crippen LogP contribution in [0.15, 0.2) is 0 Å². The summed E-state index contributed by atoms with van der Waals surface area (Å²) in [4.78, 5) is 2.50. The van der Waals surface area contributed by atoms with Crippen LogP contribution in [0.4, 0.5) is 0 Å². The van der Waals surface area contributed by atoms with Crippen LogP contribution < -0.4 is 0 Å². The Morgan fingerprint density at radius 1 is 1.21 bits per heavy atom. The van der Waals surface area contributed by atoms with Gasteiger partial charge in [0, 0.05) is 25.0 Å². The number of likely N-dealkylation sites (N-methyl/N-ethyl adjacent to an activating group) is 1. The fourth-order valence-electron chi connectivity index (χ4n) is 3.46. The summed E-state index contributed by atoms with van der Waals surface area (Å²) < 4.78 is 5.86. The maximum Gasteiger partial charge on any atom is 0.0701 e. The van der Waals surface area contributed by atoms with Gasteiger partial charge < -0.3 is 9.64 Å². The van der Waals surface area contributed by atoms with Crippen LogP contribution >= 0.6 is 15.9 Å². The molecule has 1 heterocycles. The molecule has 0 aromatic carbocycles. The highest BCUT2D eigenvalue weighted by molar-refractivity contribution is 9.09. The van der Waals surface area contributed by atoms with Gasteiger partial charge in [-0.3, -0.25) is 0 Å². The van der Waals surface area contributed by atoms with Crippen molar-refractivity contribution in [2.24, 2.45) is 5.41 Å². The molecule has 1 aliphatic heterocycles. The minimum Gasteiger partial charge on any atom is -0.377 e. The van der Waals surface area contributed by atoms with E-state index >= 15 is 0 Å². The standard InChI is InChI=1S/C16H32BrNO/c1-4-9-16(13-17,10-5-2)14-18(3)12-15-8-6-7-11-19-15/h15H,4-14H2,1-3H3. The smallest absolute Gasteiger partial charge is 0.0701 e. The van der Waals surface area contributed by atoms with E-state index in [9.17, 15) is 0 Å². The van der Waals surface area contributed by atoms with E-state index in [0.29, 0.717) is 11.5 Å². The van der Waals surface area contributed by atoms with E-state index in [2.05, 4.69) is 41.7 Å². The van der Waals surface area contributed by atoms with Gasteiger partial charge in [-0.15, -0.1) is 0 Å². The first-order valence-electron chi connectivity index (χ1n) is 8.02. The normalized spacial score (nSPS) is 21.0. The second-order valence-electron chi connectivity index (χ2n) is 6.32. The van der Waals surface area contributed by atoms with Crippen LogP contribution in [0.2, 0.25) is 0 Å². The second kappa shape index (κ2) is 9.36. The number of nitrogens with zero attached hydrogens (tertiary/aromatic N) is 1. The molecule has 114 valence electrons. The van der Waals surface area contributed by atoms with Crippen LogP contribution in [0.5, 0.6) is 0 Å². The zero-order valence-electron chi connectivity index (χ0n) is 13.1.